The zero-order valence-electron chi connectivity index (χ0n) is 14.9. The summed E-state index contributed by atoms with van der Waals surface area (Å²) in [6.07, 6.45) is 8.03. The number of nitrogens with one attached hydrogen (secondary N) is 3. The number of para-hydroxylation sites is 1. The quantitative estimate of drug-likeness (QED) is 0.406. The molecule has 0 radical (unpaired) electrons. The molecule has 0 spiro atoms. The number of H-pyrrole nitrogens is 2. The summed E-state index contributed by atoms with van der Waals surface area (Å²) in [5, 5.41) is 21.3. The van der Waals surface area contributed by atoms with E-state index in [4.69, 9.17) is 0 Å². The highest BCUT2D eigenvalue weighted by atomic mass is 16.3. The van der Waals surface area contributed by atoms with Gasteiger partial charge in [-0.1, -0.05) is 48.5 Å². The molecule has 27 heavy (non-hydrogen) atoms. The van der Waals surface area contributed by atoms with Crippen LogP contribution < -0.4 is 5.32 Å². The van der Waals surface area contributed by atoms with E-state index in [2.05, 4.69) is 50.8 Å². The van der Waals surface area contributed by atoms with Gasteiger partial charge in [0.15, 0.2) is 0 Å². The van der Waals surface area contributed by atoms with Gasteiger partial charge in [-0.3, -0.25) is 5.10 Å². The molecule has 0 amide bonds. The molecule has 1 unspecified atom stereocenters. The van der Waals surface area contributed by atoms with Gasteiger partial charge in [-0.15, -0.1) is 0 Å². The van der Waals surface area contributed by atoms with Gasteiger partial charge in [-0.2, -0.15) is 5.10 Å². The van der Waals surface area contributed by atoms with E-state index in [-0.39, 0.29) is 12.6 Å². The topological polar surface area (TPSA) is 76.7 Å². The van der Waals surface area contributed by atoms with E-state index in [1.807, 2.05) is 48.8 Å². The van der Waals surface area contributed by atoms with Crippen molar-refractivity contribution in [3.8, 4) is 0 Å². The van der Waals surface area contributed by atoms with Gasteiger partial charge >= 0.3 is 0 Å². The van der Waals surface area contributed by atoms with Crippen LogP contribution in [0.15, 0.2) is 67.0 Å². The molecule has 0 bridgehead atoms. The maximum Gasteiger partial charge on any atom is 0.0927 e. The van der Waals surface area contributed by atoms with Gasteiger partial charge in [0.05, 0.1) is 23.9 Å². The number of aliphatic hydroxyl groups is 1. The van der Waals surface area contributed by atoms with E-state index in [1.54, 1.807) is 0 Å². The first-order chi connectivity index (χ1) is 13.4. The minimum atomic E-state index is 0.000165. The smallest absolute Gasteiger partial charge is 0.0927 e. The van der Waals surface area contributed by atoms with Gasteiger partial charge < -0.3 is 15.4 Å². The predicted octanol–water partition coefficient (Wildman–Crippen LogP) is 3.73. The number of nitrogens with zero attached hydrogens (tertiary/aromatic N) is 1. The highest BCUT2D eigenvalue weighted by Crippen LogP contribution is 2.27. The Morgan fingerprint density at radius 1 is 1.04 bits per heavy atom. The number of hydrogen-bond acceptors (Lipinski definition) is 3. The van der Waals surface area contributed by atoms with Crippen LogP contribution in [-0.4, -0.2) is 33.4 Å². The van der Waals surface area contributed by atoms with Crippen molar-refractivity contribution < 1.29 is 5.11 Å². The number of aromatic amines is 2. The third-order valence-electron chi connectivity index (χ3n) is 4.64. The molecular formula is C22H22N4O. The van der Waals surface area contributed by atoms with E-state index in [9.17, 15) is 5.11 Å². The Bertz CT molecular complexity index is 1030. The Morgan fingerprint density at radius 3 is 2.74 bits per heavy atom. The molecule has 0 saturated carbocycles. The molecule has 0 aliphatic heterocycles. The van der Waals surface area contributed by atoms with E-state index in [0.29, 0.717) is 6.54 Å². The normalized spacial score (nSPS) is 12.8. The first-order valence-electron chi connectivity index (χ1n) is 9.04. The molecule has 0 aliphatic rings. The number of fused-ring (bicyclic) bond motifs is 1. The number of hydrogen-bond donors (Lipinski definition) is 4. The van der Waals surface area contributed by atoms with Gasteiger partial charge in [-0.05, 0) is 34.9 Å². The minimum Gasteiger partial charge on any atom is -0.395 e. The second-order valence-electron chi connectivity index (χ2n) is 6.37. The average molecular weight is 358 g/mol. The number of benzene rings is 2. The molecule has 2 aromatic carbocycles. The predicted molar refractivity (Wildman–Crippen MR) is 109 cm³/mol. The number of aliphatic hydroxyl groups excluding tert-OH is 1. The van der Waals surface area contributed by atoms with Crippen molar-refractivity contribution in [3.05, 3.63) is 89.4 Å². The summed E-state index contributed by atoms with van der Waals surface area (Å²) < 4.78 is 0. The van der Waals surface area contributed by atoms with E-state index in [0.717, 1.165) is 33.3 Å². The lowest BCUT2D eigenvalue weighted by atomic mass is 9.95. The molecule has 0 saturated heterocycles. The largest absolute Gasteiger partial charge is 0.395 e. The van der Waals surface area contributed by atoms with E-state index < -0.39 is 0 Å². The van der Waals surface area contributed by atoms with Crippen molar-refractivity contribution in [2.75, 3.05) is 13.2 Å². The molecule has 4 N–H and O–H groups in total. The van der Waals surface area contributed by atoms with Crippen LogP contribution in [0.3, 0.4) is 0 Å². The van der Waals surface area contributed by atoms with Crippen LogP contribution in [0.5, 0.6) is 0 Å². The van der Waals surface area contributed by atoms with Crippen LogP contribution in [-0.2, 0) is 0 Å². The average Bonchev–Trinajstić information content (AvgIpc) is 3.38. The van der Waals surface area contributed by atoms with Crippen molar-refractivity contribution in [2.24, 2.45) is 0 Å². The van der Waals surface area contributed by atoms with Crippen molar-refractivity contribution in [1.29, 1.82) is 0 Å². The Balaban J connectivity index is 1.69. The molecule has 0 aliphatic carbocycles. The maximum atomic E-state index is 9.26. The fraction of sp³-hybridized carbons (Fsp3) is 0.136. The third-order valence-corrected chi connectivity index (χ3v) is 4.64. The summed E-state index contributed by atoms with van der Waals surface area (Å²) in [4.78, 5) is 3.12. The van der Waals surface area contributed by atoms with Gasteiger partial charge in [-0.25, -0.2) is 0 Å². The molecule has 2 heterocycles. The Hall–Kier alpha value is -3.15. The molecule has 2 aromatic heterocycles. The third kappa shape index (κ3) is 3.69. The fourth-order valence-electron chi connectivity index (χ4n) is 3.34. The van der Waals surface area contributed by atoms with Gasteiger partial charge in [0, 0.05) is 24.3 Å². The van der Waals surface area contributed by atoms with Crippen molar-refractivity contribution in [2.45, 2.75) is 6.04 Å². The van der Waals surface area contributed by atoms with Crippen molar-refractivity contribution in [3.63, 3.8) is 0 Å². The summed E-state index contributed by atoms with van der Waals surface area (Å²) in [7, 11) is 0. The van der Waals surface area contributed by atoms with E-state index in [1.165, 1.54) is 0 Å². The summed E-state index contributed by atoms with van der Waals surface area (Å²) in [5.74, 6) is 0. The minimum absolute atomic E-state index is 0.000165. The molecule has 136 valence electrons. The SMILES string of the molecule is OCCNC(c1cc[nH]c1)c1ccccc1C=Cc1n[nH]c2ccccc12. The number of rotatable bonds is 7. The second kappa shape index (κ2) is 8.03. The van der Waals surface area contributed by atoms with Crippen LogP contribution in [0.4, 0.5) is 0 Å². The zero-order valence-corrected chi connectivity index (χ0v) is 14.9. The molecule has 0 fully saturated rings. The highest BCUT2D eigenvalue weighted by Gasteiger charge is 2.16. The first-order valence-corrected chi connectivity index (χ1v) is 9.04. The van der Waals surface area contributed by atoms with Crippen molar-refractivity contribution in [1.82, 2.24) is 20.5 Å². The lowest BCUT2D eigenvalue weighted by Crippen LogP contribution is -2.25. The van der Waals surface area contributed by atoms with Gasteiger partial charge in [0.25, 0.3) is 0 Å². The fourth-order valence-corrected chi connectivity index (χ4v) is 3.34. The van der Waals surface area contributed by atoms with Crippen LogP contribution in [0.2, 0.25) is 0 Å². The molecule has 4 aromatic rings. The van der Waals surface area contributed by atoms with E-state index >= 15 is 0 Å². The van der Waals surface area contributed by atoms with Gasteiger partial charge in [0.2, 0.25) is 0 Å². The molecule has 4 rings (SSSR count). The maximum absolute atomic E-state index is 9.26. The molecule has 5 nitrogen and oxygen atoms in total. The van der Waals surface area contributed by atoms with Gasteiger partial charge in [0.1, 0.15) is 0 Å². The Kier molecular flexibility index (Phi) is 5.14. The molecule has 5 heteroatoms. The zero-order chi connectivity index (χ0) is 18.5. The standard InChI is InChI=1S/C22H22N4O/c27-14-13-24-22(17-11-12-23-15-17)18-6-2-1-5-16(18)9-10-21-19-7-3-4-8-20(19)25-26-21/h1-12,15,22-24,27H,13-14H2,(H,25,26). The summed E-state index contributed by atoms with van der Waals surface area (Å²) in [5.41, 5.74) is 5.35. The monoisotopic (exact) mass is 358 g/mol. The lowest BCUT2D eigenvalue weighted by Gasteiger charge is -2.20. The first kappa shape index (κ1) is 17.3. The highest BCUT2D eigenvalue weighted by molar-refractivity contribution is 5.89. The van der Waals surface area contributed by atoms with Crippen LogP contribution in [0.1, 0.15) is 28.4 Å². The Labute approximate surface area is 157 Å². The summed E-state index contributed by atoms with van der Waals surface area (Å²) in [6.45, 7) is 0.621. The summed E-state index contributed by atoms with van der Waals surface area (Å²) >= 11 is 0. The van der Waals surface area contributed by atoms with Crippen LogP contribution in [0.25, 0.3) is 23.1 Å². The summed E-state index contributed by atoms with van der Waals surface area (Å²) in [6, 6.07) is 18.4. The van der Waals surface area contributed by atoms with Crippen LogP contribution in [0, 0.1) is 0 Å². The second-order valence-corrected chi connectivity index (χ2v) is 6.37. The number of aromatic nitrogens is 3. The van der Waals surface area contributed by atoms with Crippen LogP contribution >= 0.6 is 0 Å². The van der Waals surface area contributed by atoms with Crippen molar-refractivity contribution >= 4 is 23.1 Å². The molecular weight excluding hydrogens is 336 g/mol. The Morgan fingerprint density at radius 2 is 1.89 bits per heavy atom. The molecule has 1 atom stereocenters. The lowest BCUT2D eigenvalue weighted by molar-refractivity contribution is 0.288.